The van der Waals surface area contributed by atoms with Gasteiger partial charge < -0.3 is 15.5 Å². The van der Waals surface area contributed by atoms with Gasteiger partial charge in [0.05, 0.1) is 0 Å². The molecule has 1 aliphatic carbocycles. The summed E-state index contributed by atoms with van der Waals surface area (Å²) >= 11 is 0. The third-order valence-electron chi connectivity index (χ3n) is 4.86. The highest BCUT2D eigenvalue weighted by Gasteiger charge is 2.43. The maximum atomic E-state index is 12.5. The predicted octanol–water partition coefficient (Wildman–Crippen LogP) is 0.973. The average molecular weight is 281 g/mol. The van der Waals surface area contributed by atoms with E-state index in [-0.39, 0.29) is 11.8 Å². The van der Waals surface area contributed by atoms with Crippen molar-refractivity contribution in [3.8, 4) is 0 Å². The van der Waals surface area contributed by atoms with E-state index in [9.17, 15) is 9.59 Å². The molecule has 20 heavy (non-hydrogen) atoms. The maximum absolute atomic E-state index is 12.5. The van der Waals surface area contributed by atoms with Crippen LogP contribution in [0.1, 0.15) is 46.0 Å². The summed E-state index contributed by atoms with van der Waals surface area (Å²) < 4.78 is 0. The number of amides is 2. The highest BCUT2D eigenvalue weighted by atomic mass is 16.2. The Hall–Kier alpha value is -1.10. The largest absolute Gasteiger partial charge is 0.342 e. The Balaban J connectivity index is 1.96. The monoisotopic (exact) mass is 281 g/mol. The Morgan fingerprint density at radius 3 is 2.45 bits per heavy atom. The number of rotatable bonds is 2. The first kappa shape index (κ1) is 15.3. The van der Waals surface area contributed by atoms with Crippen molar-refractivity contribution in [2.75, 3.05) is 20.1 Å². The van der Waals surface area contributed by atoms with Gasteiger partial charge in [0.2, 0.25) is 11.8 Å². The number of carbonyl (C=O) groups is 2. The number of likely N-dealkylation sites (N-methyl/N-ethyl adjacent to an activating group) is 1. The zero-order valence-electron chi connectivity index (χ0n) is 12.9. The second kappa shape index (κ2) is 5.72. The average Bonchev–Trinajstić information content (AvgIpc) is 2.38. The van der Waals surface area contributed by atoms with E-state index in [1.807, 2.05) is 13.8 Å². The van der Waals surface area contributed by atoms with Crippen LogP contribution in [0, 0.1) is 5.92 Å². The highest BCUT2D eigenvalue weighted by Crippen LogP contribution is 2.29. The summed E-state index contributed by atoms with van der Waals surface area (Å²) in [6, 6.07) is 0.308. The fourth-order valence-electron chi connectivity index (χ4n) is 3.40. The Labute approximate surface area is 121 Å². The molecule has 2 N–H and O–H groups in total. The van der Waals surface area contributed by atoms with E-state index in [0.29, 0.717) is 31.5 Å². The Morgan fingerprint density at radius 1 is 1.25 bits per heavy atom. The summed E-state index contributed by atoms with van der Waals surface area (Å²) in [6.45, 7) is 4.96. The van der Waals surface area contributed by atoms with Crippen LogP contribution < -0.4 is 5.73 Å². The van der Waals surface area contributed by atoms with Crippen molar-refractivity contribution in [3.63, 3.8) is 0 Å². The molecular weight excluding hydrogens is 254 g/mol. The van der Waals surface area contributed by atoms with Crippen molar-refractivity contribution < 1.29 is 9.59 Å². The van der Waals surface area contributed by atoms with Gasteiger partial charge in [0.25, 0.3) is 0 Å². The molecule has 0 aromatic rings. The minimum Gasteiger partial charge on any atom is -0.342 e. The molecule has 1 saturated heterocycles. The standard InChI is InChI=1S/C15H27N3O2/c1-15(2)14(20)17(3)8-9-18(15)13(19)10-11-4-6-12(16)7-5-11/h11-12H,4-10,16H2,1-3H3. The van der Waals surface area contributed by atoms with E-state index in [2.05, 4.69) is 0 Å². The van der Waals surface area contributed by atoms with E-state index in [4.69, 9.17) is 5.73 Å². The van der Waals surface area contributed by atoms with Crippen LogP contribution >= 0.6 is 0 Å². The van der Waals surface area contributed by atoms with Gasteiger partial charge in [0, 0.05) is 32.6 Å². The number of piperazine rings is 1. The molecule has 2 rings (SSSR count). The molecule has 2 aliphatic rings. The summed E-state index contributed by atoms with van der Waals surface area (Å²) in [5, 5.41) is 0. The van der Waals surface area contributed by atoms with E-state index in [1.165, 1.54) is 0 Å². The van der Waals surface area contributed by atoms with Crippen LogP contribution in [0.2, 0.25) is 0 Å². The zero-order valence-corrected chi connectivity index (χ0v) is 12.9. The summed E-state index contributed by atoms with van der Waals surface area (Å²) in [5.41, 5.74) is 5.19. The first-order chi connectivity index (χ1) is 9.32. The molecule has 114 valence electrons. The summed E-state index contributed by atoms with van der Waals surface area (Å²) in [6.07, 6.45) is 4.67. The molecule has 0 aromatic carbocycles. The lowest BCUT2D eigenvalue weighted by Crippen LogP contribution is -2.63. The molecular formula is C15H27N3O2. The smallest absolute Gasteiger partial charge is 0.247 e. The number of hydrogen-bond acceptors (Lipinski definition) is 3. The van der Waals surface area contributed by atoms with Crippen molar-refractivity contribution in [2.45, 2.75) is 57.5 Å². The van der Waals surface area contributed by atoms with Crippen LogP contribution in [-0.2, 0) is 9.59 Å². The van der Waals surface area contributed by atoms with Crippen LogP contribution in [0.25, 0.3) is 0 Å². The minimum absolute atomic E-state index is 0.0303. The number of nitrogens with zero attached hydrogens (tertiary/aromatic N) is 2. The topological polar surface area (TPSA) is 66.6 Å². The molecule has 0 spiro atoms. The quantitative estimate of drug-likeness (QED) is 0.820. The lowest BCUT2D eigenvalue weighted by Gasteiger charge is -2.45. The molecule has 2 amide bonds. The van der Waals surface area contributed by atoms with Crippen LogP contribution in [0.5, 0.6) is 0 Å². The van der Waals surface area contributed by atoms with Crippen molar-refractivity contribution in [1.82, 2.24) is 9.80 Å². The Morgan fingerprint density at radius 2 is 1.85 bits per heavy atom. The fraction of sp³-hybridized carbons (Fsp3) is 0.867. The van der Waals surface area contributed by atoms with Gasteiger partial charge in [-0.25, -0.2) is 0 Å². The number of hydrogen-bond donors (Lipinski definition) is 1. The van der Waals surface area contributed by atoms with Crippen molar-refractivity contribution in [2.24, 2.45) is 11.7 Å². The molecule has 1 aliphatic heterocycles. The summed E-state index contributed by atoms with van der Waals surface area (Å²) in [7, 11) is 1.80. The second-order valence-electron chi connectivity index (χ2n) is 6.82. The number of nitrogens with two attached hydrogens (primary N) is 1. The third kappa shape index (κ3) is 2.97. The van der Waals surface area contributed by atoms with E-state index in [1.54, 1.807) is 16.8 Å². The van der Waals surface area contributed by atoms with Gasteiger partial charge in [0.15, 0.2) is 0 Å². The second-order valence-corrected chi connectivity index (χ2v) is 6.82. The SMILES string of the molecule is CN1CCN(C(=O)CC2CCC(N)CC2)C(C)(C)C1=O. The van der Waals surface area contributed by atoms with E-state index in [0.717, 1.165) is 25.7 Å². The van der Waals surface area contributed by atoms with Crippen LogP contribution in [0.4, 0.5) is 0 Å². The first-order valence-electron chi connectivity index (χ1n) is 7.64. The van der Waals surface area contributed by atoms with Gasteiger partial charge >= 0.3 is 0 Å². The van der Waals surface area contributed by atoms with Gasteiger partial charge in [-0.15, -0.1) is 0 Å². The third-order valence-corrected chi connectivity index (χ3v) is 4.86. The molecule has 5 nitrogen and oxygen atoms in total. The lowest BCUT2D eigenvalue weighted by molar-refractivity contribution is -0.157. The maximum Gasteiger partial charge on any atom is 0.247 e. The predicted molar refractivity (Wildman–Crippen MR) is 78.0 cm³/mol. The van der Waals surface area contributed by atoms with Crippen LogP contribution in [0.3, 0.4) is 0 Å². The normalized spacial score (nSPS) is 30.5. The number of carbonyl (C=O) groups excluding carboxylic acids is 2. The van der Waals surface area contributed by atoms with E-state index >= 15 is 0 Å². The Bertz CT molecular complexity index is 387. The van der Waals surface area contributed by atoms with Gasteiger partial charge in [-0.3, -0.25) is 9.59 Å². The summed E-state index contributed by atoms with van der Waals surface area (Å²) in [4.78, 5) is 28.2. The molecule has 1 heterocycles. The molecule has 5 heteroatoms. The molecule has 0 bridgehead atoms. The zero-order chi connectivity index (χ0) is 14.9. The van der Waals surface area contributed by atoms with Gasteiger partial charge in [-0.1, -0.05) is 0 Å². The lowest BCUT2D eigenvalue weighted by atomic mass is 9.83. The molecule has 0 aromatic heterocycles. The Kier molecular flexibility index (Phi) is 4.37. The van der Waals surface area contributed by atoms with Crippen LogP contribution in [0.15, 0.2) is 0 Å². The molecule has 0 atom stereocenters. The van der Waals surface area contributed by atoms with Gasteiger partial charge in [-0.2, -0.15) is 0 Å². The minimum atomic E-state index is -0.713. The van der Waals surface area contributed by atoms with Crippen molar-refractivity contribution in [1.29, 1.82) is 0 Å². The van der Waals surface area contributed by atoms with Crippen LogP contribution in [-0.4, -0.2) is 53.3 Å². The first-order valence-corrected chi connectivity index (χ1v) is 7.64. The molecule has 0 unspecified atom stereocenters. The molecule has 1 saturated carbocycles. The fourth-order valence-corrected chi connectivity index (χ4v) is 3.40. The highest BCUT2D eigenvalue weighted by molar-refractivity contribution is 5.91. The summed E-state index contributed by atoms with van der Waals surface area (Å²) in [5.74, 6) is 0.590. The van der Waals surface area contributed by atoms with Crippen molar-refractivity contribution in [3.05, 3.63) is 0 Å². The van der Waals surface area contributed by atoms with E-state index < -0.39 is 5.54 Å². The van der Waals surface area contributed by atoms with Crippen molar-refractivity contribution >= 4 is 11.8 Å². The molecule has 2 fully saturated rings. The molecule has 0 radical (unpaired) electrons. The van der Waals surface area contributed by atoms with Gasteiger partial charge in [-0.05, 0) is 45.4 Å². The van der Waals surface area contributed by atoms with Gasteiger partial charge in [0.1, 0.15) is 5.54 Å².